The van der Waals surface area contributed by atoms with Gasteiger partial charge in [-0.05, 0) is 24.1 Å². The summed E-state index contributed by atoms with van der Waals surface area (Å²) in [5.74, 6) is 1.10. The molecule has 0 radical (unpaired) electrons. The molecule has 3 rings (SSSR count). The first-order chi connectivity index (χ1) is 8.70. The number of benzene rings is 1. The largest absolute Gasteiger partial charge is 0.391 e. The topological polar surface area (TPSA) is 38.1 Å². The summed E-state index contributed by atoms with van der Waals surface area (Å²) in [6, 6.07) is 8.32. The van der Waals surface area contributed by atoms with Gasteiger partial charge in [-0.3, -0.25) is 0 Å². The summed E-state index contributed by atoms with van der Waals surface area (Å²) in [6.45, 7) is 0.683. The molecule has 0 aliphatic carbocycles. The average Bonchev–Trinajstić information content (AvgIpc) is 2.73. The molecule has 1 unspecified atom stereocenters. The zero-order valence-corrected chi connectivity index (χ0v) is 11.6. The van der Waals surface area contributed by atoms with Crippen molar-refractivity contribution in [3.63, 3.8) is 0 Å². The van der Waals surface area contributed by atoms with Crippen LogP contribution in [0.2, 0.25) is 0 Å². The molecular weight excluding hydrogens is 292 g/mol. The van der Waals surface area contributed by atoms with Crippen LogP contribution in [0.5, 0.6) is 0 Å². The zero-order valence-electron chi connectivity index (χ0n) is 10.0. The first kappa shape index (κ1) is 11.9. The van der Waals surface area contributed by atoms with Gasteiger partial charge in [0.25, 0.3) is 0 Å². The second-order valence-electron chi connectivity index (χ2n) is 4.80. The average molecular weight is 307 g/mol. The van der Waals surface area contributed by atoms with Gasteiger partial charge in [0.05, 0.1) is 11.8 Å². The highest BCUT2D eigenvalue weighted by Gasteiger charge is 2.18. The van der Waals surface area contributed by atoms with Crippen LogP contribution < -0.4 is 0 Å². The number of aliphatic hydroxyl groups is 1. The number of halogens is 1. The maximum absolute atomic E-state index is 9.63. The van der Waals surface area contributed by atoms with Gasteiger partial charge < -0.3 is 9.67 Å². The second kappa shape index (κ2) is 4.86. The predicted octanol–water partition coefficient (Wildman–Crippen LogP) is 2.54. The zero-order chi connectivity index (χ0) is 12.5. The van der Waals surface area contributed by atoms with Gasteiger partial charge in [0.1, 0.15) is 5.82 Å². The van der Waals surface area contributed by atoms with Crippen molar-refractivity contribution in [3.8, 4) is 0 Å². The monoisotopic (exact) mass is 306 g/mol. The molecule has 1 N–H and O–H groups in total. The molecule has 1 aliphatic heterocycles. The Morgan fingerprint density at radius 2 is 2.11 bits per heavy atom. The molecule has 1 aromatic heterocycles. The van der Waals surface area contributed by atoms with Crippen LogP contribution >= 0.6 is 15.9 Å². The number of rotatable bonds is 2. The fourth-order valence-corrected chi connectivity index (χ4v) is 2.65. The summed E-state index contributed by atoms with van der Waals surface area (Å²) < 4.78 is 3.18. The fraction of sp³-hybridized carbons (Fsp3) is 0.357. The van der Waals surface area contributed by atoms with E-state index in [-0.39, 0.29) is 6.10 Å². The minimum absolute atomic E-state index is 0.216. The summed E-state index contributed by atoms with van der Waals surface area (Å²) in [5, 5.41) is 9.63. The molecule has 1 atom stereocenters. The molecular formula is C14H15BrN2O. The molecule has 2 heterocycles. The second-order valence-corrected chi connectivity index (χ2v) is 5.71. The Balaban J connectivity index is 1.79. The van der Waals surface area contributed by atoms with Crippen LogP contribution in [-0.4, -0.2) is 20.8 Å². The molecule has 18 heavy (non-hydrogen) atoms. The van der Waals surface area contributed by atoms with E-state index in [1.54, 1.807) is 0 Å². The minimum Gasteiger partial charge on any atom is -0.391 e. The molecule has 0 saturated heterocycles. The van der Waals surface area contributed by atoms with Crippen molar-refractivity contribution in [2.75, 3.05) is 0 Å². The van der Waals surface area contributed by atoms with Crippen molar-refractivity contribution in [1.82, 2.24) is 9.55 Å². The van der Waals surface area contributed by atoms with Crippen LogP contribution in [-0.2, 0) is 19.4 Å². The van der Waals surface area contributed by atoms with Gasteiger partial charge in [-0.2, -0.15) is 0 Å². The lowest BCUT2D eigenvalue weighted by atomic mass is 10.1. The third-order valence-electron chi connectivity index (χ3n) is 3.32. The normalized spacial score (nSPS) is 18.7. The molecule has 4 heteroatoms. The Labute approximate surface area is 115 Å². The maximum Gasteiger partial charge on any atom is 0.109 e. The Bertz CT molecular complexity index is 547. The summed E-state index contributed by atoms with van der Waals surface area (Å²) in [7, 11) is 0. The molecule has 0 saturated carbocycles. The van der Waals surface area contributed by atoms with E-state index in [2.05, 4.69) is 55.9 Å². The smallest absolute Gasteiger partial charge is 0.109 e. The van der Waals surface area contributed by atoms with E-state index in [0.29, 0.717) is 6.54 Å². The van der Waals surface area contributed by atoms with Crippen molar-refractivity contribution < 1.29 is 5.11 Å². The number of aromatic nitrogens is 2. The molecule has 1 aromatic carbocycles. The lowest BCUT2D eigenvalue weighted by Gasteiger charge is -2.18. The number of hydrogen-bond acceptors (Lipinski definition) is 2. The first-order valence-corrected chi connectivity index (χ1v) is 6.97. The van der Waals surface area contributed by atoms with Gasteiger partial charge >= 0.3 is 0 Å². The van der Waals surface area contributed by atoms with Crippen molar-refractivity contribution >= 4 is 15.9 Å². The van der Waals surface area contributed by atoms with Crippen molar-refractivity contribution in [2.45, 2.75) is 31.9 Å². The Morgan fingerprint density at radius 1 is 1.33 bits per heavy atom. The van der Waals surface area contributed by atoms with Crippen LogP contribution in [0.4, 0.5) is 0 Å². The summed E-state index contributed by atoms with van der Waals surface area (Å²) in [5.41, 5.74) is 2.34. The van der Waals surface area contributed by atoms with Crippen LogP contribution in [0.1, 0.15) is 23.5 Å². The quantitative estimate of drug-likeness (QED) is 0.926. The standard InChI is InChI=1S/C14H15BrN2O/c15-11-3-1-10(2-4-11)7-12-8-17-9-13(18)5-6-14(17)16-12/h1-4,8,13,18H,5-7,9H2. The van der Waals surface area contributed by atoms with Crippen molar-refractivity contribution in [1.29, 1.82) is 0 Å². The molecule has 1 aliphatic rings. The number of fused-ring (bicyclic) bond motifs is 1. The van der Waals surface area contributed by atoms with Gasteiger partial charge in [0.2, 0.25) is 0 Å². The summed E-state index contributed by atoms with van der Waals surface area (Å²) in [6.07, 6.45) is 4.41. The Kier molecular flexibility index (Phi) is 3.22. The Hall–Kier alpha value is -1.13. The lowest BCUT2D eigenvalue weighted by molar-refractivity contribution is 0.130. The highest BCUT2D eigenvalue weighted by atomic mass is 79.9. The van der Waals surface area contributed by atoms with Gasteiger partial charge in [-0.15, -0.1) is 0 Å². The van der Waals surface area contributed by atoms with E-state index >= 15 is 0 Å². The van der Waals surface area contributed by atoms with Crippen LogP contribution in [0, 0.1) is 0 Å². The van der Waals surface area contributed by atoms with E-state index in [4.69, 9.17) is 0 Å². The number of nitrogens with zero attached hydrogens (tertiary/aromatic N) is 2. The van der Waals surface area contributed by atoms with Gasteiger partial charge in [-0.1, -0.05) is 28.1 Å². The number of imidazole rings is 1. The third-order valence-corrected chi connectivity index (χ3v) is 3.84. The summed E-state index contributed by atoms with van der Waals surface area (Å²) in [4.78, 5) is 4.64. The van der Waals surface area contributed by atoms with Gasteiger partial charge in [-0.25, -0.2) is 4.98 Å². The minimum atomic E-state index is -0.216. The van der Waals surface area contributed by atoms with E-state index in [1.165, 1.54) is 5.56 Å². The van der Waals surface area contributed by atoms with Gasteiger partial charge in [0, 0.05) is 30.1 Å². The third kappa shape index (κ3) is 2.49. The van der Waals surface area contributed by atoms with E-state index in [0.717, 1.165) is 35.3 Å². The number of aryl methyl sites for hydroxylation is 1. The number of aliphatic hydroxyl groups excluding tert-OH is 1. The maximum atomic E-state index is 9.63. The van der Waals surface area contributed by atoms with E-state index in [1.807, 2.05) is 0 Å². The van der Waals surface area contributed by atoms with Gasteiger partial charge in [0.15, 0.2) is 0 Å². The van der Waals surface area contributed by atoms with E-state index < -0.39 is 0 Å². The van der Waals surface area contributed by atoms with Crippen molar-refractivity contribution in [2.24, 2.45) is 0 Å². The summed E-state index contributed by atoms with van der Waals surface area (Å²) >= 11 is 3.44. The Morgan fingerprint density at radius 3 is 2.89 bits per heavy atom. The lowest BCUT2D eigenvalue weighted by Crippen LogP contribution is -2.23. The molecule has 0 fully saturated rings. The van der Waals surface area contributed by atoms with Crippen LogP contribution in [0.15, 0.2) is 34.9 Å². The number of hydrogen-bond donors (Lipinski definition) is 1. The predicted molar refractivity (Wildman–Crippen MR) is 73.5 cm³/mol. The fourth-order valence-electron chi connectivity index (χ4n) is 2.38. The molecule has 0 amide bonds. The van der Waals surface area contributed by atoms with Crippen LogP contribution in [0.3, 0.4) is 0 Å². The van der Waals surface area contributed by atoms with Crippen molar-refractivity contribution in [3.05, 3.63) is 52.0 Å². The molecule has 0 spiro atoms. The molecule has 94 valence electrons. The van der Waals surface area contributed by atoms with Crippen LogP contribution in [0.25, 0.3) is 0 Å². The molecule has 2 aromatic rings. The first-order valence-electron chi connectivity index (χ1n) is 6.18. The SMILES string of the molecule is OC1CCc2nc(Cc3ccc(Br)cc3)cn2C1. The molecule has 3 nitrogen and oxygen atoms in total. The highest BCUT2D eigenvalue weighted by molar-refractivity contribution is 9.10. The highest BCUT2D eigenvalue weighted by Crippen LogP contribution is 2.18. The molecule has 0 bridgehead atoms. The van der Waals surface area contributed by atoms with E-state index in [9.17, 15) is 5.11 Å².